The number of amides is 1. The summed E-state index contributed by atoms with van der Waals surface area (Å²) in [7, 11) is 0. The van der Waals surface area contributed by atoms with Gasteiger partial charge in [-0.05, 0) is 37.1 Å². The maximum absolute atomic E-state index is 10.5. The molecule has 0 saturated carbocycles. The van der Waals surface area contributed by atoms with Crippen molar-refractivity contribution in [3.8, 4) is 23.0 Å². The van der Waals surface area contributed by atoms with Gasteiger partial charge in [0.15, 0.2) is 11.6 Å². The molecule has 1 amide bonds. The van der Waals surface area contributed by atoms with Crippen LogP contribution < -0.4 is 15.6 Å². The van der Waals surface area contributed by atoms with E-state index in [-0.39, 0.29) is 0 Å². The van der Waals surface area contributed by atoms with Gasteiger partial charge in [0.05, 0.1) is 0 Å². The largest absolute Gasteiger partial charge is 0.439 e. The van der Waals surface area contributed by atoms with Gasteiger partial charge in [-0.1, -0.05) is 36.4 Å². The van der Waals surface area contributed by atoms with E-state index in [1.54, 1.807) is 6.07 Å². The molecule has 0 fully saturated rings. The minimum atomic E-state index is 0.383. The number of ether oxygens (including phenoxy) is 1. The number of aromatic nitrogens is 2. The second kappa shape index (κ2) is 7.44. The Morgan fingerprint density at radius 3 is 2.36 bits per heavy atom. The molecule has 2 N–H and O–H groups in total. The van der Waals surface area contributed by atoms with Crippen molar-refractivity contribution in [3.63, 3.8) is 0 Å². The van der Waals surface area contributed by atoms with Gasteiger partial charge in [0.25, 0.3) is 0 Å². The highest BCUT2D eigenvalue weighted by Gasteiger charge is 2.09. The summed E-state index contributed by atoms with van der Waals surface area (Å²) in [5.74, 6) is 2.01. The Labute approximate surface area is 145 Å². The van der Waals surface area contributed by atoms with Gasteiger partial charge in [0.2, 0.25) is 12.3 Å². The predicted molar refractivity (Wildman–Crippen MR) is 96.3 cm³/mol. The van der Waals surface area contributed by atoms with Gasteiger partial charge in [-0.3, -0.25) is 15.6 Å². The smallest absolute Gasteiger partial charge is 0.225 e. The summed E-state index contributed by atoms with van der Waals surface area (Å²) in [5, 5.41) is 0. The maximum Gasteiger partial charge on any atom is 0.225 e. The molecule has 1 aromatic heterocycles. The van der Waals surface area contributed by atoms with Crippen LogP contribution in [0.1, 0.15) is 11.1 Å². The predicted octanol–water partition coefficient (Wildman–Crippen LogP) is 3.63. The van der Waals surface area contributed by atoms with E-state index in [9.17, 15) is 4.79 Å². The van der Waals surface area contributed by atoms with Crippen molar-refractivity contribution >= 4 is 12.2 Å². The Morgan fingerprint density at radius 2 is 1.68 bits per heavy atom. The van der Waals surface area contributed by atoms with E-state index in [1.165, 1.54) is 0 Å². The molecule has 0 unspecified atom stereocenters. The average molecular weight is 334 g/mol. The number of carbonyl (C=O) groups is 1. The van der Waals surface area contributed by atoms with Crippen molar-refractivity contribution < 1.29 is 9.53 Å². The van der Waals surface area contributed by atoms with Crippen LogP contribution in [0.15, 0.2) is 54.6 Å². The third-order valence-electron chi connectivity index (χ3n) is 3.41. The Bertz CT molecular complexity index is 862. The number of nitrogens with one attached hydrogen (secondary N) is 2. The lowest BCUT2D eigenvalue weighted by Crippen LogP contribution is -2.20. The fourth-order valence-corrected chi connectivity index (χ4v) is 2.47. The molecular weight excluding hydrogens is 316 g/mol. The highest BCUT2D eigenvalue weighted by molar-refractivity contribution is 5.59. The minimum Gasteiger partial charge on any atom is -0.439 e. The first kappa shape index (κ1) is 16.4. The molecule has 0 bridgehead atoms. The van der Waals surface area contributed by atoms with Crippen LogP contribution in [0.2, 0.25) is 0 Å². The molecule has 1 heterocycles. The van der Waals surface area contributed by atoms with Gasteiger partial charge in [-0.25, -0.2) is 4.98 Å². The molecule has 2 aromatic carbocycles. The Kier molecular flexibility index (Phi) is 4.89. The lowest BCUT2D eigenvalue weighted by molar-refractivity contribution is -0.109. The first-order chi connectivity index (χ1) is 12.1. The number of hydrogen-bond acceptors (Lipinski definition) is 5. The van der Waals surface area contributed by atoms with Crippen molar-refractivity contribution in [2.24, 2.45) is 0 Å². The van der Waals surface area contributed by atoms with Gasteiger partial charge in [-0.15, -0.1) is 0 Å². The molecule has 0 saturated heterocycles. The summed E-state index contributed by atoms with van der Waals surface area (Å²) in [6, 6.07) is 17.1. The highest BCUT2D eigenvalue weighted by atomic mass is 16.5. The Hall–Kier alpha value is -3.41. The van der Waals surface area contributed by atoms with E-state index < -0.39 is 0 Å². The van der Waals surface area contributed by atoms with Gasteiger partial charge in [0, 0.05) is 11.6 Å². The van der Waals surface area contributed by atoms with E-state index in [4.69, 9.17) is 4.74 Å². The SMILES string of the molecule is Cc1cc(C)cc(Oc2cc(NNC=O)nc(-c3ccccc3)n2)c1. The quantitative estimate of drug-likeness (QED) is 0.532. The summed E-state index contributed by atoms with van der Waals surface area (Å²) < 4.78 is 5.92. The van der Waals surface area contributed by atoms with E-state index in [2.05, 4.69) is 26.9 Å². The first-order valence-electron chi connectivity index (χ1n) is 7.80. The lowest BCUT2D eigenvalue weighted by atomic mass is 10.1. The molecule has 6 nitrogen and oxygen atoms in total. The lowest BCUT2D eigenvalue weighted by Gasteiger charge is -2.11. The molecule has 6 heteroatoms. The van der Waals surface area contributed by atoms with E-state index >= 15 is 0 Å². The van der Waals surface area contributed by atoms with E-state index in [0.29, 0.717) is 29.7 Å². The molecule has 3 rings (SSSR count). The monoisotopic (exact) mass is 334 g/mol. The summed E-state index contributed by atoms with van der Waals surface area (Å²) in [6.45, 7) is 4.02. The van der Waals surface area contributed by atoms with Crippen LogP contribution in [0.25, 0.3) is 11.4 Å². The third-order valence-corrected chi connectivity index (χ3v) is 3.41. The number of hydrogen-bond donors (Lipinski definition) is 2. The Morgan fingerprint density at radius 1 is 0.960 bits per heavy atom. The summed E-state index contributed by atoms with van der Waals surface area (Å²) in [6.07, 6.45) is 0.536. The van der Waals surface area contributed by atoms with Crippen LogP contribution in [0.3, 0.4) is 0 Å². The fourth-order valence-electron chi connectivity index (χ4n) is 2.47. The molecule has 25 heavy (non-hydrogen) atoms. The highest BCUT2D eigenvalue weighted by Crippen LogP contribution is 2.26. The number of benzene rings is 2. The van der Waals surface area contributed by atoms with Crippen molar-refractivity contribution in [1.29, 1.82) is 0 Å². The van der Waals surface area contributed by atoms with Crippen molar-refractivity contribution in [1.82, 2.24) is 15.4 Å². The van der Waals surface area contributed by atoms with Gasteiger partial charge in [0.1, 0.15) is 5.75 Å². The van der Waals surface area contributed by atoms with Crippen LogP contribution >= 0.6 is 0 Å². The third kappa shape index (κ3) is 4.32. The second-order valence-corrected chi connectivity index (χ2v) is 5.59. The van der Waals surface area contributed by atoms with Crippen LogP contribution in [0.4, 0.5) is 5.82 Å². The molecule has 0 aliphatic carbocycles. The zero-order valence-electron chi connectivity index (χ0n) is 14.0. The summed E-state index contributed by atoms with van der Waals surface area (Å²) in [5.41, 5.74) is 8.14. The van der Waals surface area contributed by atoms with Crippen LogP contribution in [-0.4, -0.2) is 16.4 Å². The van der Waals surface area contributed by atoms with Gasteiger partial charge in [-0.2, -0.15) is 4.98 Å². The molecule has 126 valence electrons. The van der Waals surface area contributed by atoms with E-state index in [1.807, 2.05) is 56.3 Å². The number of hydrazine groups is 1. The van der Waals surface area contributed by atoms with Gasteiger partial charge >= 0.3 is 0 Å². The number of rotatable bonds is 6. The molecule has 0 aliphatic heterocycles. The number of anilines is 1. The first-order valence-corrected chi connectivity index (χ1v) is 7.80. The Balaban J connectivity index is 1.98. The second-order valence-electron chi connectivity index (χ2n) is 5.59. The van der Waals surface area contributed by atoms with Crippen molar-refractivity contribution in [2.75, 3.05) is 5.43 Å². The molecule has 0 radical (unpaired) electrons. The molecule has 0 aliphatic rings. The van der Waals surface area contributed by atoms with Crippen LogP contribution in [0.5, 0.6) is 11.6 Å². The van der Waals surface area contributed by atoms with Gasteiger partial charge < -0.3 is 4.74 Å². The molecule has 0 spiro atoms. The summed E-state index contributed by atoms with van der Waals surface area (Å²) in [4.78, 5) is 19.4. The number of nitrogens with zero attached hydrogens (tertiary/aromatic N) is 2. The molecule has 0 atom stereocenters. The normalized spacial score (nSPS) is 10.2. The molecule has 3 aromatic rings. The minimum absolute atomic E-state index is 0.383. The number of carbonyl (C=O) groups excluding carboxylic acids is 1. The fraction of sp³-hybridized carbons (Fsp3) is 0.105. The molecular formula is C19H18N4O2. The van der Waals surface area contributed by atoms with E-state index in [0.717, 1.165) is 16.7 Å². The standard InChI is InChI=1S/C19H18N4O2/c1-13-8-14(2)10-16(9-13)25-18-11-17(23-20-12-24)21-19(22-18)15-6-4-3-5-7-15/h3-12H,1-2H3,(H,20,24)(H,21,22,23). The van der Waals surface area contributed by atoms with Crippen molar-refractivity contribution in [2.45, 2.75) is 13.8 Å². The summed E-state index contributed by atoms with van der Waals surface area (Å²) >= 11 is 0. The van der Waals surface area contributed by atoms with Crippen LogP contribution in [-0.2, 0) is 4.79 Å². The van der Waals surface area contributed by atoms with Crippen molar-refractivity contribution in [3.05, 3.63) is 65.7 Å². The van der Waals surface area contributed by atoms with Crippen LogP contribution in [0, 0.1) is 13.8 Å². The zero-order valence-corrected chi connectivity index (χ0v) is 14.0. The topological polar surface area (TPSA) is 76.1 Å². The zero-order chi connectivity index (χ0) is 17.6. The number of aryl methyl sites for hydroxylation is 2. The average Bonchev–Trinajstić information content (AvgIpc) is 2.59. The maximum atomic E-state index is 10.5.